The molecule has 1 amide bonds. The summed E-state index contributed by atoms with van der Waals surface area (Å²) < 4.78 is 23.1. The molecule has 0 spiro atoms. The van der Waals surface area contributed by atoms with E-state index in [2.05, 4.69) is 20.6 Å². The lowest BCUT2D eigenvalue weighted by Crippen LogP contribution is -2.36. The zero-order valence-electron chi connectivity index (χ0n) is 15.0. The van der Waals surface area contributed by atoms with E-state index in [0.29, 0.717) is 18.1 Å². The Morgan fingerprint density at radius 3 is 2.65 bits per heavy atom. The van der Waals surface area contributed by atoms with Crippen LogP contribution in [-0.2, 0) is 9.84 Å². The molecule has 1 atom stereocenters. The third-order valence-corrected chi connectivity index (χ3v) is 6.27. The fourth-order valence-corrected chi connectivity index (χ4v) is 4.59. The molecule has 2 aromatic rings. The smallest absolute Gasteiger partial charge is 0.270 e. The van der Waals surface area contributed by atoms with Crippen molar-refractivity contribution in [3.05, 3.63) is 46.8 Å². The van der Waals surface area contributed by atoms with Gasteiger partial charge in [-0.2, -0.15) is 0 Å². The van der Waals surface area contributed by atoms with Gasteiger partial charge in [-0.25, -0.2) is 18.4 Å². The summed E-state index contributed by atoms with van der Waals surface area (Å²) in [5.41, 5.74) is 3.97. The van der Waals surface area contributed by atoms with Gasteiger partial charge in [0.2, 0.25) is 5.95 Å². The van der Waals surface area contributed by atoms with E-state index in [9.17, 15) is 13.2 Å². The van der Waals surface area contributed by atoms with Crippen LogP contribution in [0.5, 0.6) is 0 Å². The van der Waals surface area contributed by atoms with Crippen molar-refractivity contribution in [1.82, 2.24) is 15.3 Å². The van der Waals surface area contributed by atoms with Crippen LogP contribution in [0, 0.1) is 20.8 Å². The average Bonchev–Trinajstić information content (AvgIpc) is 2.90. The van der Waals surface area contributed by atoms with Gasteiger partial charge in [-0.05, 0) is 50.5 Å². The minimum Gasteiger partial charge on any atom is -0.347 e. The van der Waals surface area contributed by atoms with E-state index in [0.717, 1.165) is 16.8 Å². The first-order valence-corrected chi connectivity index (χ1v) is 10.3. The third-order valence-electron chi connectivity index (χ3n) is 4.51. The van der Waals surface area contributed by atoms with Crippen LogP contribution < -0.4 is 10.6 Å². The Balaban J connectivity index is 1.79. The second-order valence-corrected chi connectivity index (χ2v) is 8.89. The van der Waals surface area contributed by atoms with Crippen LogP contribution in [0.4, 0.5) is 11.6 Å². The summed E-state index contributed by atoms with van der Waals surface area (Å²) >= 11 is 0. The standard InChI is InChI=1S/C18H22N4O3S/c1-11-5-4-6-15(13(11)3)21-18-19-12(2)9-16(22-18)17(23)20-14-7-8-26(24,25)10-14/h4-6,9,14H,7-8,10H2,1-3H3,(H,20,23)(H,19,21,22). The van der Waals surface area contributed by atoms with Gasteiger partial charge < -0.3 is 10.6 Å². The van der Waals surface area contributed by atoms with Gasteiger partial charge in [-0.15, -0.1) is 0 Å². The van der Waals surface area contributed by atoms with Gasteiger partial charge in [0, 0.05) is 17.4 Å². The maximum absolute atomic E-state index is 12.5. The monoisotopic (exact) mass is 374 g/mol. The summed E-state index contributed by atoms with van der Waals surface area (Å²) in [5.74, 6) is 0.0425. The summed E-state index contributed by atoms with van der Waals surface area (Å²) in [6.07, 6.45) is 0.436. The number of sulfone groups is 1. The molecule has 1 fully saturated rings. The Hall–Kier alpha value is -2.48. The number of carbonyl (C=O) groups is 1. The van der Waals surface area contributed by atoms with Gasteiger partial charge in [0.1, 0.15) is 5.69 Å². The molecule has 0 aliphatic carbocycles. The fourth-order valence-electron chi connectivity index (χ4n) is 2.92. The summed E-state index contributed by atoms with van der Waals surface area (Å²) in [7, 11) is -3.05. The molecular formula is C18H22N4O3S. The minimum atomic E-state index is -3.05. The van der Waals surface area contributed by atoms with Crippen LogP contribution in [0.3, 0.4) is 0 Å². The highest BCUT2D eigenvalue weighted by Crippen LogP contribution is 2.21. The first kappa shape index (κ1) is 18.3. The quantitative estimate of drug-likeness (QED) is 0.849. The lowest BCUT2D eigenvalue weighted by atomic mass is 10.1. The SMILES string of the molecule is Cc1cc(C(=O)NC2CCS(=O)(=O)C2)nc(Nc2cccc(C)c2C)n1. The van der Waals surface area contributed by atoms with E-state index in [-0.39, 0.29) is 29.1 Å². The molecule has 1 aliphatic heterocycles. The highest BCUT2D eigenvalue weighted by Gasteiger charge is 2.29. The van der Waals surface area contributed by atoms with Crippen molar-refractivity contribution < 1.29 is 13.2 Å². The molecule has 0 radical (unpaired) electrons. The number of carbonyl (C=O) groups excluding carboxylic acids is 1. The van der Waals surface area contributed by atoms with Crippen molar-refractivity contribution in [1.29, 1.82) is 0 Å². The van der Waals surface area contributed by atoms with Gasteiger partial charge in [0.25, 0.3) is 5.91 Å². The maximum Gasteiger partial charge on any atom is 0.270 e. The van der Waals surface area contributed by atoms with Crippen molar-refractivity contribution in [2.24, 2.45) is 0 Å². The fraction of sp³-hybridized carbons (Fsp3) is 0.389. The molecule has 0 bridgehead atoms. The normalized spacial score (nSPS) is 18.5. The molecule has 1 unspecified atom stereocenters. The molecule has 0 saturated carbocycles. The molecule has 2 heterocycles. The Kier molecular flexibility index (Phi) is 4.95. The number of hydrogen-bond donors (Lipinski definition) is 2. The van der Waals surface area contributed by atoms with E-state index < -0.39 is 9.84 Å². The van der Waals surface area contributed by atoms with Crippen LogP contribution >= 0.6 is 0 Å². The molecule has 1 aromatic carbocycles. The molecule has 1 aliphatic rings. The van der Waals surface area contributed by atoms with Crippen molar-refractivity contribution in [2.75, 3.05) is 16.8 Å². The van der Waals surface area contributed by atoms with Gasteiger partial charge in [0.15, 0.2) is 9.84 Å². The zero-order valence-corrected chi connectivity index (χ0v) is 15.9. The number of aromatic nitrogens is 2. The number of amides is 1. The summed E-state index contributed by atoms with van der Waals surface area (Å²) in [6, 6.07) is 7.11. The Morgan fingerprint density at radius 2 is 1.96 bits per heavy atom. The molecule has 26 heavy (non-hydrogen) atoms. The number of aryl methyl sites for hydroxylation is 2. The largest absolute Gasteiger partial charge is 0.347 e. The summed E-state index contributed by atoms with van der Waals surface area (Å²) in [4.78, 5) is 21.1. The van der Waals surface area contributed by atoms with Crippen LogP contribution in [0.15, 0.2) is 24.3 Å². The number of hydrogen-bond acceptors (Lipinski definition) is 6. The lowest BCUT2D eigenvalue weighted by Gasteiger charge is -2.13. The van der Waals surface area contributed by atoms with Crippen LogP contribution in [0.1, 0.15) is 33.7 Å². The van der Waals surface area contributed by atoms with Crippen LogP contribution in [0.25, 0.3) is 0 Å². The topological polar surface area (TPSA) is 101 Å². The van der Waals surface area contributed by atoms with E-state index >= 15 is 0 Å². The number of rotatable bonds is 4. The molecule has 8 heteroatoms. The second-order valence-electron chi connectivity index (χ2n) is 6.66. The van der Waals surface area contributed by atoms with Gasteiger partial charge in [-0.1, -0.05) is 12.1 Å². The Morgan fingerprint density at radius 1 is 1.19 bits per heavy atom. The number of nitrogens with zero attached hydrogens (tertiary/aromatic N) is 2. The van der Waals surface area contributed by atoms with Crippen molar-refractivity contribution in [2.45, 2.75) is 33.2 Å². The van der Waals surface area contributed by atoms with Crippen molar-refractivity contribution in [3.63, 3.8) is 0 Å². The Bertz CT molecular complexity index is 957. The molecule has 1 aromatic heterocycles. The van der Waals surface area contributed by atoms with Gasteiger partial charge >= 0.3 is 0 Å². The average molecular weight is 374 g/mol. The predicted molar refractivity (Wildman–Crippen MR) is 100 cm³/mol. The van der Waals surface area contributed by atoms with E-state index in [1.807, 2.05) is 32.0 Å². The van der Waals surface area contributed by atoms with Crippen molar-refractivity contribution >= 4 is 27.4 Å². The number of benzene rings is 1. The Labute approximate surface area is 153 Å². The summed E-state index contributed by atoms with van der Waals surface area (Å²) in [5, 5.41) is 5.91. The molecular weight excluding hydrogens is 352 g/mol. The van der Waals surface area contributed by atoms with Crippen LogP contribution in [0.2, 0.25) is 0 Å². The molecule has 7 nitrogen and oxygen atoms in total. The van der Waals surface area contributed by atoms with E-state index in [1.54, 1.807) is 13.0 Å². The minimum absolute atomic E-state index is 0.0175. The summed E-state index contributed by atoms with van der Waals surface area (Å²) in [6.45, 7) is 5.81. The first-order chi connectivity index (χ1) is 12.2. The molecule has 1 saturated heterocycles. The van der Waals surface area contributed by atoms with Crippen LogP contribution in [-0.4, -0.2) is 41.8 Å². The number of nitrogens with one attached hydrogen (secondary N) is 2. The number of anilines is 2. The third kappa shape index (κ3) is 4.19. The lowest BCUT2D eigenvalue weighted by molar-refractivity contribution is 0.0936. The highest BCUT2D eigenvalue weighted by atomic mass is 32.2. The highest BCUT2D eigenvalue weighted by molar-refractivity contribution is 7.91. The first-order valence-electron chi connectivity index (χ1n) is 8.44. The van der Waals surface area contributed by atoms with Gasteiger partial charge in [0.05, 0.1) is 11.5 Å². The maximum atomic E-state index is 12.5. The zero-order chi connectivity index (χ0) is 18.9. The van der Waals surface area contributed by atoms with Crippen molar-refractivity contribution in [3.8, 4) is 0 Å². The second kappa shape index (κ2) is 7.03. The molecule has 3 rings (SSSR count). The van der Waals surface area contributed by atoms with E-state index in [4.69, 9.17) is 0 Å². The molecule has 2 N–H and O–H groups in total. The van der Waals surface area contributed by atoms with Gasteiger partial charge in [-0.3, -0.25) is 4.79 Å². The van der Waals surface area contributed by atoms with E-state index in [1.165, 1.54) is 0 Å². The molecule has 138 valence electrons. The predicted octanol–water partition coefficient (Wildman–Crippen LogP) is 2.06.